The van der Waals surface area contributed by atoms with Crippen molar-refractivity contribution >= 4 is 39.2 Å². The van der Waals surface area contributed by atoms with Gasteiger partial charge in [0.15, 0.2) is 0 Å². The first-order valence-corrected chi connectivity index (χ1v) is 7.24. The van der Waals surface area contributed by atoms with E-state index >= 15 is 0 Å². The van der Waals surface area contributed by atoms with E-state index in [4.69, 9.17) is 26.8 Å². The minimum Gasteiger partial charge on any atom is -0.462 e. The highest BCUT2D eigenvalue weighted by Gasteiger charge is 2.14. The number of rotatable bonds is 4. The summed E-state index contributed by atoms with van der Waals surface area (Å²) >= 11 is 9.37. The van der Waals surface area contributed by atoms with Crippen LogP contribution in [0.3, 0.4) is 0 Å². The van der Waals surface area contributed by atoms with Crippen LogP contribution in [-0.4, -0.2) is 17.6 Å². The number of hydrogen-bond acceptors (Lipinski definition) is 5. The van der Waals surface area contributed by atoms with E-state index in [0.717, 1.165) is 4.47 Å². The van der Waals surface area contributed by atoms with Crippen molar-refractivity contribution in [3.05, 3.63) is 45.5 Å². The molecule has 0 atom stereocenters. The van der Waals surface area contributed by atoms with E-state index in [0.29, 0.717) is 10.8 Å². The monoisotopic (exact) mass is 370 g/mol. The number of nitrogens with zero attached hydrogens (tertiary/aromatic N) is 1. The highest BCUT2D eigenvalue weighted by molar-refractivity contribution is 9.10. The molecule has 5 nitrogen and oxygen atoms in total. The largest absolute Gasteiger partial charge is 0.462 e. The van der Waals surface area contributed by atoms with Crippen molar-refractivity contribution in [2.45, 2.75) is 6.92 Å². The topological polar surface area (TPSA) is 74.4 Å². The fraction of sp³-hybridized carbons (Fsp3) is 0.143. The van der Waals surface area contributed by atoms with Crippen LogP contribution in [0.25, 0.3) is 0 Å². The average molecular weight is 372 g/mol. The average Bonchev–Trinajstić information content (AvgIpc) is 2.44. The number of nitrogens with two attached hydrogens (primary N) is 1. The smallest absolute Gasteiger partial charge is 0.340 e. The van der Waals surface area contributed by atoms with E-state index in [9.17, 15) is 4.79 Å². The van der Waals surface area contributed by atoms with E-state index < -0.39 is 5.97 Å². The van der Waals surface area contributed by atoms with Crippen LogP contribution in [0.5, 0.6) is 11.6 Å². The number of carbonyl (C=O) groups excluding carboxylic acids is 1. The molecule has 2 N–H and O–H groups in total. The molecule has 0 aliphatic carbocycles. The Morgan fingerprint density at radius 1 is 1.43 bits per heavy atom. The molecule has 21 heavy (non-hydrogen) atoms. The van der Waals surface area contributed by atoms with Crippen molar-refractivity contribution in [3.8, 4) is 11.6 Å². The molecule has 110 valence electrons. The first-order chi connectivity index (χ1) is 10.0. The predicted molar refractivity (Wildman–Crippen MR) is 83.8 cm³/mol. The molecular weight excluding hydrogens is 360 g/mol. The first-order valence-electron chi connectivity index (χ1n) is 6.06. The maximum Gasteiger partial charge on any atom is 0.340 e. The molecule has 0 bridgehead atoms. The van der Waals surface area contributed by atoms with Gasteiger partial charge in [-0.1, -0.05) is 27.5 Å². The summed E-state index contributed by atoms with van der Waals surface area (Å²) in [5, 5.41) is 0.417. The number of benzene rings is 1. The van der Waals surface area contributed by atoms with Gasteiger partial charge in [-0.05, 0) is 25.1 Å². The van der Waals surface area contributed by atoms with Gasteiger partial charge in [-0.3, -0.25) is 0 Å². The van der Waals surface area contributed by atoms with Crippen molar-refractivity contribution in [3.63, 3.8) is 0 Å². The summed E-state index contributed by atoms with van der Waals surface area (Å²) in [5.74, 6) is 0.104. The molecule has 0 spiro atoms. The van der Waals surface area contributed by atoms with E-state index in [-0.39, 0.29) is 23.7 Å². The lowest BCUT2D eigenvalue weighted by Crippen LogP contribution is -2.08. The number of carbonyl (C=O) groups is 1. The van der Waals surface area contributed by atoms with Crippen LogP contribution >= 0.6 is 27.5 Å². The molecule has 2 aromatic rings. The number of pyridine rings is 1. The number of anilines is 1. The number of esters is 1. The Hall–Kier alpha value is -1.79. The quantitative estimate of drug-likeness (QED) is 0.821. The van der Waals surface area contributed by atoms with E-state index in [2.05, 4.69) is 20.9 Å². The summed E-state index contributed by atoms with van der Waals surface area (Å²) in [7, 11) is 0. The molecule has 1 aromatic heterocycles. The van der Waals surface area contributed by atoms with E-state index in [1.165, 1.54) is 12.3 Å². The Kier molecular flexibility index (Phi) is 5.03. The Balaban J connectivity index is 2.28. The third kappa shape index (κ3) is 3.86. The van der Waals surface area contributed by atoms with Crippen molar-refractivity contribution in [1.82, 2.24) is 4.98 Å². The lowest BCUT2D eigenvalue weighted by atomic mass is 10.2. The molecule has 0 unspecified atom stereocenters. The minimum atomic E-state index is -0.524. The van der Waals surface area contributed by atoms with Gasteiger partial charge in [0, 0.05) is 10.5 Å². The minimum absolute atomic E-state index is 0.204. The summed E-state index contributed by atoms with van der Waals surface area (Å²) in [4.78, 5) is 15.8. The highest BCUT2D eigenvalue weighted by Crippen LogP contribution is 2.31. The molecule has 1 aromatic carbocycles. The van der Waals surface area contributed by atoms with Crippen molar-refractivity contribution in [2.75, 3.05) is 12.3 Å². The van der Waals surface area contributed by atoms with E-state index in [1.54, 1.807) is 25.1 Å². The third-order valence-electron chi connectivity index (χ3n) is 2.51. The number of hydrogen-bond donors (Lipinski definition) is 1. The van der Waals surface area contributed by atoms with Gasteiger partial charge < -0.3 is 15.2 Å². The number of halogens is 2. The molecule has 1 heterocycles. The molecule has 0 aliphatic rings. The van der Waals surface area contributed by atoms with Crippen LogP contribution in [-0.2, 0) is 4.74 Å². The van der Waals surface area contributed by atoms with Gasteiger partial charge in [-0.2, -0.15) is 0 Å². The molecule has 0 amide bonds. The second-order valence-corrected chi connectivity index (χ2v) is 5.33. The van der Waals surface area contributed by atoms with Crippen LogP contribution in [0.1, 0.15) is 17.3 Å². The zero-order valence-electron chi connectivity index (χ0n) is 11.1. The molecule has 2 rings (SSSR count). The number of nitrogen functional groups attached to an aromatic ring is 1. The molecule has 0 saturated carbocycles. The Bertz CT molecular complexity index is 679. The Morgan fingerprint density at radius 3 is 2.86 bits per heavy atom. The standard InChI is InChI=1S/C14H12BrClN2O3/c1-2-20-14(19)9-6-13(18-7-11(9)17)21-12-4-3-8(15)5-10(12)16/h3-7H,2,17H2,1H3. The summed E-state index contributed by atoms with van der Waals surface area (Å²) in [5.41, 5.74) is 6.14. The highest BCUT2D eigenvalue weighted by atomic mass is 79.9. The normalized spacial score (nSPS) is 10.2. The Labute approximate surface area is 135 Å². The molecule has 0 aliphatic heterocycles. The van der Waals surface area contributed by atoms with Gasteiger partial charge in [-0.25, -0.2) is 9.78 Å². The second kappa shape index (κ2) is 6.78. The van der Waals surface area contributed by atoms with Crippen LogP contribution < -0.4 is 10.5 Å². The second-order valence-electron chi connectivity index (χ2n) is 4.01. The lowest BCUT2D eigenvalue weighted by Gasteiger charge is -2.09. The summed E-state index contributed by atoms with van der Waals surface area (Å²) in [6, 6.07) is 6.59. The zero-order chi connectivity index (χ0) is 15.4. The van der Waals surface area contributed by atoms with Gasteiger partial charge in [0.25, 0.3) is 0 Å². The van der Waals surface area contributed by atoms with Crippen LogP contribution in [0.4, 0.5) is 5.69 Å². The predicted octanol–water partition coefficient (Wildman–Crippen LogP) is 4.05. The molecule has 0 fully saturated rings. The Morgan fingerprint density at radius 2 is 2.19 bits per heavy atom. The number of aromatic nitrogens is 1. The van der Waals surface area contributed by atoms with E-state index in [1.807, 2.05) is 0 Å². The van der Waals surface area contributed by atoms with Crippen molar-refractivity contribution in [2.24, 2.45) is 0 Å². The lowest BCUT2D eigenvalue weighted by molar-refractivity contribution is 0.0527. The van der Waals surface area contributed by atoms with Gasteiger partial charge in [-0.15, -0.1) is 0 Å². The van der Waals surface area contributed by atoms with Gasteiger partial charge in [0.2, 0.25) is 5.88 Å². The van der Waals surface area contributed by atoms with Gasteiger partial charge in [0.1, 0.15) is 5.75 Å². The third-order valence-corrected chi connectivity index (χ3v) is 3.30. The maximum atomic E-state index is 11.8. The van der Waals surface area contributed by atoms with Crippen LogP contribution in [0.2, 0.25) is 5.02 Å². The fourth-order valence-corrected chi connectivity index (χ4v) is 2.27. The zero-order valence-corrected chi connectivity index (χ0v) is 13.4. The maximum absolute atomic E-state index is 11.8. The van der Waals surface area contributed by atoms with Crippen molar-refractivity contribution in [1.29, 1.82) is 0 Å². The SMILES string of the molecule is CCOC(=O)c1cc(Oc2ccc(Br)cc2Cl)ncc1N. The van der Waals surface area contributed by atoms with Crippen LogP contribution in [0, 0.1) is 0 Å². The molecule has 0 saturated heterocycles. The summed E-state index contributed by atoms with van der Waals surface area (Å²) in [6.07, 6.45) is 1.34. The van der Waals surface area contributed by atoms with Gasteiger partial charge in [0.05, 0.1) is 29.1 Å². The first kappa shape index (κ1) is 15.6. The fourth-order valence-electron chi connectivity index (χ4n) is 1.56. The number of ether oxygens (including phenoxy) is 2. The summed E-state index contributed by atoms with van der Waals surface area (Å²) in [6.45, 7) is 1.98. The van der Waals surface area contributed by atoms with Gasteiger partial charge >= 0.3 is 5.97 Å². The molecular formula is C14H12BrClN2O3. The molecule has 0 radical (unpaired) electrons. The van der Waals surface area contributed by atoms with Crippen LogP contribution in [0.15, 0.2) is 34.9 Å². The summed E-state index contributed by atoms with van der Waals surface area (Å²) < 4.78 is 11.3. The van der Waals surface area contributed by atoms with Crippen molar-refractivity contribution < 1.29 is 14.3 Å². The molecule has 7 heteroatoms.